The quantitative estimate of drug-likeness (QED) is 0.167. The van der Waals surface area contributed by atoms with Crippen molar-refractivity contribution in [3.05, 3.63) is 12.2 Å². The summed E-state index contributed by atoms with van der Waals surface area (Å²) in [6, 6.07) is 0. The van der Waals surface area contributed by atoms with Gasteiger partial charge >= 0.3 is 43.0 Å². The van der Waals surface area contributed by atoms with Gasteiger partial charge in [-0.25, -0.2) is 4.79 Å². The monoisotopic (exact) mass is 718 g/mol. The minimum absolute atomic E-state index is 0.607. The Kier molecular flexibility index (Phi) is 7.90. The SMILES string of the molecule is C=C(C)C(=O)OC12CC3(C(O)(C(F)(F)F)C(F)(F)F)CC(C(O)(C(F)(F)F)C(F)(F)F)(C1)CC(C(O)(C(F)(F)F)C(F)(F)F)(C2)C3. The highest BCUT2D eigenvalue weighted by atomic mass is 19.4. The Morgan fingerprint density at radius 1 is 0.500 bits per heavy atom. The Bertz CT molecular complexity index is 1090. The highest BCUT2D eigenvalue weighted by Gasteiger charge is 2.95. The van der Waals surface area contributed by atoms with Crippen molar-refractivity contribution in [1.82, 2.24) is 0 Å². The van der Waals surface area contributed by atoms with Crippen LogP contribution in [0.1, 0.15) is 45.4 Å². The number of rotatable bonds is 5. The molecule has 4 bridgehead atoms. The van der Waals surface area contributed by atoms with Crippen LogP contribution in [0, 0.1) is 16.2 Å². The molecule has 0 aromatic rings. The molecule has 0 unspecified atom stereocenters. The zero-order chi connectivity index (χ0) is 36.6. The molecule has 0 atom stereocenters. The van der Waals surface area contributed by atoms with Gasteiger partial charge in [-0.1, -0.05) is 6.58 Å². The minimum Gasteiger partial charge on any atom is -0.456 e. The van der Waals surface area contributed by atoms with Gasteiger partial charge in [0, 0.05) is 21.8 Å². The van der Waals surface area contributed by atoms with E-state index in [0.717, 1.165) is 0 Å². The van der Waals surface area contributed by atoms with E-state index in [2.05, 4.69) is 11.3 Å². The molecule has 0 aromatic carbocycles. The van der Waals surface area contributed by atoms with Crippen LogP contribution in [0.4, 0.5) is 79.0 Å². The molecule has 4 aliphatic rings. The molecule has 4 rings (SSSR count). The van der Waals surface area contributed by atoms with E-state index in [4.69, 9.17) is 0 Å². The van der Waals surface area contributed by atoms with Gasteiger partial charge in [-0.3, -0.25) is 0 Å². The normalized spacial score (nSPS) is 31.7. The van der Waals surface area contributed by atoms with Crippen LogP contribution in [0.15, 0.2) is 12.2 Å². The fourth-order valence-electron chi connectivity index (χ4n) is 8.37. The molecular weight excluding hydrogens is 698 g/mol. The van der Waals surface area contributed by atoms with Crippen LogP contribution in [0.5, 0.6) is 0 Å². The number of carbonyl (C=O) groups is 1. The van der Waals surface area contributed by atoms with Crippen molar-refractivity contribution in [2.24, 2.45) is 16.2 Å². The first-order valence-corrected chi connectivity index (χ1v) is 12.3. The summed E-state index contributed by atoms with van der Waals surface area (Å²) in [5, 5.41) is 31.1. The number of aliphatic hydroxyl groups is 3. The van der Waals surface area contributed by atoms with Crippen LogP contribution in [0.3, 0.4) is 0 Å². The van der Waals surface area contributed by atoms with E-state index in [1.54, 1.807) is 0 Å². The maximum Gasteiger partial charge on any atom is 0.426 e. The average Bonchev–Trinajstić information content (AvgIpc) is 2.76. The highest BCUT2D eigenvalue weighted by molar-refractivity contribution is 5.87. The lowest BCUT2D eigenvalue weighted by atomic mass is 9.30. The van der Waals surface area contributed by atoms with Gasteiger partial charge < -0.3 is 20.1 Å². The standard InChI is InChI=1S/C23H20F18O5/c1-9(2)10(42)46-14-6-11(15(43,18(24,25)26)19(27,28)29)3-12(7-14,16(44,20(30,31)32)21(33,34)35)5-13(4-11,8-14)17(45,22(36,37)38)23(39,40)41/h43-45H,1,3-8H2,2H3. The Morgan fingerprint density at radius 2 is 0.696 bits per heavy atom. The van der Waals surface area contributed by atoms with Gasteiger partial charge in [0.1, 0.15) is 5.60 Å². The van der Waals surface area contributed by atoms with Gasteiger partial charge in [0.05, 0.1) is 0 Å². The van der Waals surface area contributed by atoms with E-state index >= 15 is 0 Å². The van der Waals surface area contributed by atoms with Gasteiger partial charge in [-0.15, -0.1) is 0 Å². The van der Waals surface area contributed by atoms with E-state index in [-0.39, 0.29) is 0 Å². The zero-order valence-electron chi connectivity index (χ0n) is 22.4. The number of hydrogen-bond acceptors (Lipinski definition) is 5. The molecule has 0 aromatic heterocycles. The second kappa shape index (κ2) is 9.50. The van der Waals surface area contributed by atoms with Crippen molar-refractivity contribution < 1.29 is 104 Å². The topological polar surface area (TPSA) is 87.0 Å². The van der Waals surface area contributed by atoms with E-state index in [9.17, 15) is 99.1 Å². The molecule has 0 heterocycles. The molecule has 0 amide bonds. The number of hydrogen-bond donors (Lipinski definition) is 3. The first-order valence-electron chi connectivity index (χ1n) is 12.3. The van der Waals surface area contributed by atoms with Crippen molar-refractivity contribution in [1.29, 1.82) is 0 Å². The maximum atomic E-state index is 14.3. The lowest BCUT2D eigenvalue weighted by Crippen LogP contribution is -2.85. The first kappa shape index (κ1) is 38.3. The van der Waals surface area contributed by atoms with E-state index in [1.165, 1.54) is 0 Å². The molecule has 4 fully saturated rings. The number of ether oxygens (including phenoxy) is 1. The number of halogens is 18. The summed E-state index contributed by atoms with van der Waals surface area (Å²) < 4.78 is 262. The minimum atomic E-state index is -7.33. The Balaban J connectivity index is 2.74. The van der Waals surface area contributed by atoms with Gasteiger partial charge in [0.25, 0.3) is 16.8 Å². The lowest BCUT2D eigenvalue weighted by Gasteiger charge is -2.75. The summed E-state index contributed by atoms with van der Waals surface area (Å²) in [4.78, 5) is 12.4. The Labute approximate surface area is 244 Å². The van der Waals surface area contributed by atoms with Crippen LogP contribution >= 0.6 is 0 Å². The predicted octanol–water partition coefficient (Wildman–Crippen LogP) is 6.75. The van der Waals surface area contributed by atoms with Crippen molar-refractivity contribution in [2.75, 3.05) is 0 Å². The molecule has 0 radical (unpaired) electrons. The van der Waals surface area contributed by atoms with Crippen LogP contribution in [-0.4, -0.2) is 80.8 Å². The lowest BCUT2D eigenvalue weighted by molar-refractivity contribution is -0.488. The summed E-state index contributed by atoms with van der Waals surface area (Å²) in [6.45, 7) is 3.49. The third-order valence-corrected chi connectivity index (χ3v) is 9.43. The van der Waals surface area contributed by atoms with Gasteiger partial charge in [0.15, 0.2) is 0 Å². The number of esters is 1. The highest BCUT2D eigenvalue weighted by Crippen LogP contribution is 2.83. The zero-order valence-corrected chi connectivity index (χ0v) is 22.4. The van der Waals surface area contributed by atoms with Gasteiger partial charge in [0.2, 0.25) is 0 Å². The van der Waals surface area contributed by atoms with Crippen LogP contribution < -0.4 is 0 Å². The Morgan fingerprint density at radius 3 is 0.848 bits per heavy atom. The van der Waals surface area contributed by atoms with Gasteiger partial charge in [-0.2, -0.15) is 79.0 Å². The van der Waals surface area contributed by atoms with E-state index in [1.807, 2.05) is 0 Å². The largest absolute Gasteiger partial charge is 0.456 e. The summed E-state index contributed by atoms with van der Waals surface area (Å²) in [5.74, 6) is -2.13. The third-order valence-electron chi connectivity index (χ3n) is 9.43. The summed E-state index contributed by atoms with van der Waals surface area (Å²) in [7, 11) is 0. The number of carbonyl (C=O) groups excluding carboxylic acids is 1. The molecule has 46 heavy (non-hydrogen) atoms. The second-order valence-electron chi connectivity index (χ2n) is 12.4. The fraction of sp³-hybridized carbons (Fsp3) is 0.870. The second-order valence-corrected chi connectivity index (χ2v) is 12.4. The molecule has 0 aliphatic heterocycles. The molecule has 268 valence electrons. The van der Waals surface area contributed by atoms with Crippen LogP contribution in [0.25, 0.3) is 0 Å². The number of alkyl halides is 18. The molecule has 23 heteroatoms. The molecule has 4 saturated carbocycles. The first-order chi connectivity index (χ1) is 19.8. The molecular formula is C23H20F18O5. The molecule has 3 N–H and O–H groups in total. The van der Waals surface area contributed by atoms with E-state index < -0.39 is 126 Å². The van der Waals surface area contributed by atoms with E-state index in [0.29, 0.717) is 6.92 Å². The molecule has 5 nitrogen and oxygen atoms in total. The van der Waals surface area contributed by atoms with Crippen molar-refractivity contribution in [3.8, 4) is 0 Å². The fourth-order valence-corrected chi connectivity index (χ4v) is 8.37. The van der Waals surface area contributed by atoms with Crippen molar-refractivity contribution in [3.63, 3.8) is 0 Å². The van der Waals surface area contributed by atoms with Gasteiger partial charge in [-0.05, 0) is 45.4 Å². The molecule has 0 spiro atoms. The average molecular weight is 718 g/mol. The Hall–Kier alpha value is -2.17. The van der Waals surface area contributed by atoms with Crippen molar-refractivity contribution >= 4 is 5.97 Å². The third kappa shape index (κ3) is 4.55. The predicted molar refractivity (Wildman–Crippen MR) is 110 cm³/mol. The molecule has 4 aliphatic carbocycles. The summed E-state index contributed by atoms with van der Waals surface area (Å²) in [6.07, 6.45) is -60.4. The van der Waals surface area contributed by atoms with Crippen LogP contribution in [0.2, 0.25) is 0 Å². The summed E-state index contributed by atoms with van der Waals surface area (Å²) in [5.41, 5.74) is -40.4. The smallest absolute Gasteiger partial charge is 0.426 e. The molecule has 0 saturated heterocycles. The summed E-state index contributed by atoms with van der Waals surface area (Å²) >= 11 is 0. The van der Waals surface area contributed by atoms with Crippen LogP contribution in [-0.2, 0) is 9.53 Å². The van der Waals surface area contributed by atoms with Crippen molar-refractivity contribution in [2.45, 2.75) is 105 Å². The maximum absolute atomic E-state index is 14.3.